The molecule has 0 saturated heterocycles. The van der Waals surface area contributed by atoms with E-state index in [1.54, 1.807) is 42.5 Å². The van der Waals surface area contributed by atoms with E-state index in [0.29, 0.717) is 29.0 Å². The van der Waals surface area contributed by atoms with Gasteiger partial charge < -0.3 is 4.90 Å². The Bertz CT molecular complexity index is 763. The molecular weight excluding hydrogens is 324 g/mol. The summed E-state index contributed by atoms with van der Waals surface area (Å²) in [4.78, 5) is 31.5. The van der Waals surface area contributed by atoms with Crippen LogP contribution in [-0.4, -0.2) is 28.6 Å². The van der Waals surface area contributed by atoms with Gasteiger partial charge in [-0.25, -0.2) is 0 Å². The highest BCUT2D eigenvalue weighted by molar-refractivity contribution is 6.31. The molecule has 0 unspecified atom stereocenters. The van der Waals surface area contributed by atoms with Crippen molar-refractivity contribution >= 4 is 23.3 Å². The molecular formula is C19H19ClN2O2. The number of ketones is 1. The van der Waals surface area contributed by atoms with Gasteiger partial charge in [0.1, 0.15) is 5.54 Å². The maximum atomic E-state index is 13.0. The summed E-state index contributed by atoms with van der Waals surface area (Å²) in [6.07, 6.45) is 5.92. The van der Waals surface area contributed by atoms with Gasteiger partial charge in [-0.1, -0.05) is 29.8 Å². The largest absolute Gasteiger partial charge is 0.325 e. The molecule has 4 nitrogen and oxygen atoms in total. The smallest absolute Gasteiger partial charge is 0.254 e. The van der Waals surface area contributed by atoms with E-state index in [2.05, 4.69) is 4.98 Å². The highest BCUT2D eigenvalue weighted by Crippen LogP contribution is 2.42. The van der Waals surface area contributed by atoms with E-state index < -0.39 is 5.54 Å². The van der Waals surface area contributed by atoms with Crippen molar-refractivity contribution < 1.29 is 9.59 Å². The second-order valence-corrected chi connectivity index (χ2v) is 6.48. The summed E-state index contributed by atoms with van der Waals surface area (Å²) in [5, 5.41) is 0.516. The summed E-state index contributed by atoms with van der Waals surface area (Å²) in [6.45, 7) is 0. The summed E-state index contributed by atoms with van der Waals surface area (Å²) in [5.74, 6) is -0.153. The number of halogens is 1. The lowest BCUT2D eigenvalue weighted by molar-refractivity contribution is -0.132. The fourth-order valence-corrected chi connectivity index (χ4v) is 3.78. The van der Waals surface area contributed by atoms with Gasteiger partial charge in [0.2, 0.25) is 0 Å². The predicted octanol–water partition coefficient (Wildman–Crippen LogP) is 3.85. The van der Waals surface area contributed by atoms with Crippen LogP contribution in [0.4, 0.5) is 0 Å². The predicted molar refractivity (Wildman–Crippen MR) is 92.9 cm³/mol. The Kier molecular flexibility index (Phi) is 4.67. The minimum atomic E-state index is -1.00. The van der Waals surface area contributed by atoms with Crippen LogP contribution in [0, 0.1) is 0 Å². The number of benzene rings is 1. The molecule has 0 bridgehead atoms. The average Bonchev–Trinajstić information content (AvgIpc) is 2.62. The number of likely N-dealkylation sites (N-methyl/N-ethyl adjacent to an activating group) is 1. The molecule has 1 aliphatic rings. The van der Waals surface area contributed by atoms with Crippen LogP contribution < -0.4 is 0 Å². The van der Waals surface area contributed by atoms with Crippen LogP contribution in [0.3, 0.4) is 0 Å². The summed E-state index contributed by atoms with van der Waals surface area (Å²) < 4.78 is 0. The Hall–Kier alpha value is -2.20. The van der Waals surface area contributed by atoms with Crippen LogP contribution in [0.15, 0.2) is 48.8 Å². The molecule has 24 heavy (non-hydrogen) atoms. The fraction of sp³-hybridized carbons (Fsp3) is 0.316. The van der Waals surface area contributed by atoms with Crippen molar-refractivity contribution in [1.82, 2.24) is 9.88 Å². The Morgan fingerprint density at radius 2 is 1.88 bits per heavy atom. The summed E-state index contributed by atoms with van der Waals surface area (Å²) in [5.41, 5.74) is 0.218. The molecule has 1 fully saturated rings. The Balaban J connectivity index is 2.10. The Labute approximate surface area is 146 Å². The van der Waals surface area contributed by atoms with Gasteiger partial charge in [0.05, 0.1) is 0 Å². The zero-order valence-electron chi connectivity index (χ0n) is 13.5. The van der Waals surface area contributed by atoms with E-state index in [1.807, 2.05) is 18.2 Å². The number of amides is 1. The molecule has 1 saturated carbocycles. The minimum Gasteiger partial charge on any atom is -0.325 e. The van der Waals surface area contributed by atoms with E-state index >= 15 is 0 Å². The van der Waals surface area contributed by atoms with Gasteiger partial charge in [-0.2, -0.15) is 0 Å². The lowest BCUT2D eigenvalue weighted by Crippen LogP contribution is -2.54. The van der Waals surface area contributed by atoms with Gasteiger partial charge in [-0.05, 0) is 37.5 Å². The molecule has 0 radical (unpaired) electrons. The third-order valence-corrected chi connectivity index (χ3v) is 5.11. The van der Waals surface area contributed by atoms with Crippen molar-refractivity contribution in [3.05, 3.63) is 64.9 Å². The maximum absolute atomic E-state index is 13.0. The van der Waals surface area contributed by atoms with Crippen molar-refractivity contribution in [3.63, 3.8) is 0 Å². The van der Waals surface area contributed by atoms with E-state index in [9.17, 15) is 9.59 Å². The van der Waals surface area contributed by atoms with Crippen molar-refractivity contribution in [2.75, 3.05) is 7.05 Å². The van der Waals surface area contributed by atoms with Gasteiger partial charge in [0.15, 0.2) is 5.78 Å². The number of aromatic nitrogens is 1. The number of carbonyl (C=O) groups is 2. The number of Topliss-reactive ketones (excluding diaryl/α,β-unsaturated/α-hetero) is 1. The van der Waals surface area contributed by atoms with Crippen LogP contribution in [0.5, 0.6) is 0 Å². The molecule has 0 spiro atoms. The molecule has 0 N–H and O–H groups in total. The Morgan fingerprint density at radius 1 is 1.17 bits per heavy atom. The third kappa shape index (κ3) is 2.71. The second-order valence-electron chi connectivity index (χ2n) is 6.07. The molecule has 1 amide bonds. The molecule has 1 heterocycles. The first-order valence-electron chi connectivity index (χ1n) is 8.04. The molecule has 124 valence electrons. The Morgan fingerprint density at radius 3 is 2.54 bits per heavy atom. The molecule has 5 heteroatoms. The third-order valence-electron chi connectivity index (χ3n) is 4.78. The van der Waals surface area contributed by atoms with Crippen LogP contribution in [0.25, 0.3) is 0 Å². The first-order chi connectivity index (χ1) is 11.6. The van der Waals surface area contributed by atoms with Crippen molar-refractivity contribution in [2.24, 2.45) is 0 Å². The van der Waals surface area contributed by atoms with Crippen LogP contribution in [0.1, 0.15) is 41.6 Å². The van der Waals surface area contributed by atoms with Gasteiger partial charge in [0.25, 0.3) is 5.91 Å². The molecule has 1 aliphatic carbocycles. The lowest BCUT2D eigenvalue weighted by Gasteiger charge is -2.44. The second kappa shape index (κ2) is 6.73. The first kappa shape index (κ1) is 16.7. The average molecular weight is 343 g/mol. The van der Waals surface area contributed by atoms with Gasteiger partial charge in [-0.15, -0.1) is 0 Å². The molecule has 0 aliphatic heterocycles. The topological polar surface area (TPSA) is 50.3 Å². The first-order valence-corrected chi connectivity index (χ1v) is 8.41. The number of nitrogens with zero attached hydrogens (tertiary/aromatic N) is 2. The fourth-order valence-electron chi connectivity index (χ4n) is 3.49. The number of rotatable bonds is 3. The molecule has 1 aromatic heterocycles. The summed E-state index contributed by atoms with van der Waals surface area (Å²) in [7, 11) is 1.69. The molecule has 2 aromatic rings. The van der Waals surface area contributed by atoms with Crippen molar-refractivity contribution in [3.8, 4) is 0 Å². The number of hydrogen-bond acceptors (Lipinski definition) is 3. The van der Waals surface area contributed by atoms with Crippen LogP contribution in [-0.2, 0) is 10.3 Å². The highest BCUT2D eigenvalue weighted by Gasteiger charge is 2.48. The summed E-state index contributed by atoms with van der Waals surface area (Å²) in [6, 6.07) is 10.6. The normalized spacial score (nSPS) is 20.7. The number of pyridine rings is 1. The maximum Gasteiger partial charge on any atom is 0.254 e. The molecule has 3 rings (SSSR count). The SMILES string of the molecule is CN(C(=O)c1ccncc1)[C@]1(c2ccccc2Cl)CCCCC1=O. The minimum absolute atomic E-state index is 0.0479. The standard InChI is InChI=1S/C19H19ClN2O2/c1-22(18(24)14-9-12-21-13-10-14)19(11-5-4-8-17(19)23)15-6-2-3-7-16(15)20/h2-3,6-7,9-10,12-13H,4-5,8,11H2,1H3/t19-/m0/s1. The number of carbonyl (C=O) groups excluding carboxylic acids is 2. The van der Waals surface area contributed by atoms with Crippen LogP contribution in [0.2, 0.25) is 5.02 Å². The summed E-state index contributed by atoms with van der Waals surface area (Å²) >= 11 is 6.41. The zero-order chi connectivity index (χ0) is 17.2. The highest BCUT2D eigenvalue weighted by atomic mass is 35.5. The van der Waals surface area contributed by atoms with Crippen molar-refractivity contribution in [2.45, 2.75) is 31.2 Å². The van der Waals surface area contributed by atoms with Gasteiger partial charge >= 0.3 is 0 Å². The van der Waals surface area contributed by atoms with Crippen molar-refractivity contribution in [1.29, 1.82) is 0 Å². The molecule has 1 atom stereocenters. The molecule has 1 aromatic carbocycles. The quantitative estimate of drug-likeness (QED) is 0.851. The van der Waals surface area contributed by atoms with E-state index in [4.69, 9.17) is 11.6 Å². The van der Waals surface area contributed by atoms with E-state index in [0.717, 1.165) is 12.8 Å². The monoisotopic (exact) mass is 342 g/mol. The van der Waals surface area contributed by atoms with E-state index in [-0.39, 0.29) is 11.7 Å². The van der Waals surface area contributed by atoms with Crippen LogP contribution >= 0.6 is 11.6 Å². The van der Waals surface area contributed by atoms with E-state index in [1.165, 1.54) is 0 Å². The number of hydrogen-bond donors (Lipinski definition) is 0. The van der Waals surface area contributed by atoms with Gasteiger partial charge in [0, 0.05) is 42.0 Å². The lowest BCUT2D eigenvalue weighted by atomic mass is 9.74. The zero-order valence-corrected chi connectivity index (χ0v) is 14.3. The van der Waals surface area contributed by atoms with Gasteiger partial charge in [-0.3, -0.25) is 14.6 Å².